The van der Waals surface area contributed by atoms with E-state index in [1.54, 1.807) is 0 Å². The minimum Gasteiger partial charge on any atom is -0.459 e. The number of aryl methyl sites for hydroxylation is 1. The minimum atomic E-state index is 0. The summed E-state index contributed by atoms with van der Waals surface area (Å²) < 4.78 is 4.32. The van der Waals surface area contributed by atoms with Gasteiger partial charge in [0.15, 0.2) is 0 Å². The summed E-state index contributed by atoms with van der Waals surface area (Å²) in [7, 11) is 0. The van der Waals surface area contributed by atoms with Crippen molar-refractivity contribution in [1.29, 1.82) is 0 Å². The molecule has 0 saturated carbocycles. The van der Waals surface area contributed by atoms with Gasteiger partial charge in [-0.25, -0.2) is 0 Å². The van der Waals surface area contributed by atoms with Crippen LogP contribution in [-0.2, 0) is 39.1 Å². The van der Waals surface area contributed by atoms with Crippen LogP contribution < -0.4 is 0 Å². The number of rotatable bonds is 1. The predicted octanol–water partition coefficient (Wildman–Crippen LogP) is 0.880. The van der Waals surface area contributed by atoms with Crippen molar-refractivity contribution in [3.63, 3.8) is 0 Å². The number of aromatic nitrogens is 2. The van der Waals surface area contributed by atoms with Crippen molar-refractivity contribution in [2.45, 2.75) is 13.3 Å². The van der Waals surface area contributed by atoms with Crippen LogP contribution in [-0.4, -0.2) is 10.1 Å². The first kappa shape index (κ1) is 12.0. The molecule has 0 atom stereocenters. The molecule has 9 heavy (non-hydrogen) atoms. The van der Waals surface area contributed by atoms with Crippen molar-refractivity contribution in [2.24, 2.45) is 0 Å². The van der Waals surface area contributed by atoms with Gasteiger partial charge in [0, 0.05) is 38.5 Å². The molecule has 0 unspecified atom stereocenters. The average molecular weight is 201 g/mol. The molecule has 3 nitrogen and oxygen atoms in total. The summed E-state index contributed by atoms with van der Waals surface area (Å²) in [5.41, 5.74) is 0. The second-order valence-electron chi connectivity index (χ2n) is 1.16. The molecule has 0 aromatic carbocycles. The molecular weight excluding hydrogens is 193 g/mol. The van der Waals surface area contributed by atoms with Crippen LogP contribution in [0, 0.1) is 13.8 Å². The zero-order valence-corrected chi connectivity index (χ0v) is 8.43. The summed E-state index contributed by atoms with van der Waals surface area (Å²) in [6.07, 6.45) is 3.06. The summed E-state index contributed by atoms with van der Waals surface area (Å²) in [6.45, 7) is 1.96. The topological polar surface area (TPSA) is 38.9 Å². The van der Waals surface area contributed by atoms with Crippen molar-refractivity contribution in [1.82, 2.24) is 10.1 Å². The number of nitrogens with zero attached hydrogens (tertiary/aromatic N) is 2. The van der Waals surface area contributed by atoms with Crippen LogP contribution in [0.4, 0.5) is 0 Å². The Hall–Kier alpha value is 0.244. The van der Waals surface area contributed by atoms with Gasteiger partial charge in [-0.15, -0.1) is 0 Å². The van der Waals surface area contributed by atoms with Gasteiger partial charge in [0.25, 0.3) is 0 Å². The third kappa shape index (κ3) is 3.76. The first-order chi connectivity index (χ1) is 3.43. The molecule has 0 aliphatic heterocycles. The second-order valence-corrected chi connectivity index (χ2v) is 1.16. The maximum atomic E-state index is 4.32. The molecule has 1 heterocycles. The second kappa shape index (κ2) is 6.37. The molecule has 1 aromatic rings. The standard InChI is InChI=1S/C4H5N2O.CH3.Y/c1-2-4-5-3-7-6-4;;/h2H2,1H3;1H3;/q2*-1;. The van der Waals surface area contributed by atoms with E-state index in [2.05, 4.69) is 21.1 Å². The smallest absolute Gasteiger partial charge is 0.0687 e. The van der Waals surface area contributed by atoms with Crippen molar-refractivity contribution < 1.29 is 37.2 Å². The van der Waals surface area contributed by atoms with Crippen molar-refractivity contribution in [2.75, 3.05) is 0 Å². The van der Waals surface area contributed by atoms with Crippen LogP contribution in [0.3, 0.4) is 0 Å². The molecule has 1 radical (unpaired) electrons. The molecule has 1 rings (SSSR count). The van der Waals surface area contributed by atoms with Crippen LogP contribution in [0.2, 0.25) is 0 Å². The maximum Gasteiger partial charge on any atom is 0.0687 e. The Morgan fingerprint density at radius 1 is 1.67 bits per heavy atom. The zero-order chi connectivity index (χ0) is 5.11. The van der Waals surface area contributed by atoms with Crippen LogP contribution in [0.15, 0.2) is 4.52 Å². The van der Waals surface area contributed by atoms with Crippen LogP contribution in [0.1, 0.15) is 12.7 Å². The summed E-state index contributed by atoms with van der Waals surface area (Å²) in [5, 5.41) is 3.49. The summed E-state index contributed by atoms with van der Waals surface area (Å²) in [6, 6.07) is 0. The summed E-state index contributed by atoms with van der Waals surface area (Å²) >= 11 is 0. The van der Waals surface area contributed by atoms with Gasteiger partial charge >= 0.3 is 0 Å². The Morgan fingerprint density at radius 2 is 2.33 bits per heavy atom. The summed E-state index contributed by atoms with van der Waals surface area (Å²) in [4.78, 5) is 3.63. The van der Waals surface area contributed by atoms with Gasteiger partial charge in [0.1, 0.15) is 0 Å². The van der Waals surface area contributed by atoms with E-state index in [-0.39, 0.29) is 40.1 Å². The van der Waals surface area contributed by atoms with E-state index in [0.29, 0.717) is 5.82 Å². The van der Waals surface area contributed by atoms with E-state index in [1.807, 2.05) is 6.92 Å². The SMILES string of the molecule is CCc1n[c-]on1.[CH3-].[Y]. The van der Waals surface area contributed by atoms with E-state index in [9.17, 15) is 0 Å². The molecule has 0 fully saturated rings. The molecular formula is C5H8N2OY-2. The van der Waals surface area contributed by atoms with Crippen molar-refractivity contribution in [3.8, 4) is 0 Å². The monoisotopic (exact) mass is 201 g/mol. The van der Waals surface area contributed by atoms with Gasteiger partial charge in [-0.05, 0) is 0 Å². The maximum absolute atomic E-state index is 4.32. The van der Waals surface area contributed by atoms with Gasteiger partial charge in [0.2, 0.25) is 0 Å². The van der Waals surface area contributed by atoms with Gasteiger partial charge in [-0.2, -0.15) is 5.16 Å². The molecule has 0 bridgehead atoms. The average Bonchev–Trinajstić information content (AvgIpc) is 2.14. The molecule has 0 aliphatic carbocycles. The third-order valence-corrected chi connectivity index (χ3v) is 0.683. The van der Waals surface area contributed by atoms with Crippen molar-refractivity contribution in [3.05, 3.63) is 19.6 Å². The fourth-order valence-corrected chi connectivity index (χ4v) is 0.310. The molecule has 1 aromatic heterocycles. The third-order valence-electron chi connectivity index (χ3n) is 0.683. The van der Waals surface area contributed by atoms with Crippen LogP contribution in [0.5, 0.6) is 0 Å². The normalized spacial score (nSPS) is 7.22. The first-order valence-corrected chi connectivity index (χ1v) is 2.12. The molecule has 0 spiro atoms. The molecule has 0 aliphatic rings. The van der Waals surface area contributed by atoms with Crippen LogP contribution in [0.25, 0.3) is 0 Å². The Morgan fingerprint density at radius 3 is 2.56 bits per heavy atom. The molecule has 0 amide bonds. The zero-order valence-electron chi connectivity index (χ0n) is 5.59. The van der Waals surface area contributed by atoms with Crippen molar-refractivity contribution >= 4 is 0 Å². The molecule has 49 valence electrons. The number of hydrogen-bond donors (Lipinski definition) is 0. The van der Waals surface area contributed by atoms with E-state index in [0.717, 1.165) is 6.42 Å². The van der Waals surface area contributed by atoms with E-state index < -0.39 is 0 Å². The quantitative estimate of drug-likeness (QED) is 0.633. The van der Waals surface area contributed by atoms with Gasteiger partial charge < -0.3 is 16.9 Å². The largest absolute Gasteiger partial charge is 0.459 e. The molecule has 0 N–H and O–H groups in total. The minimum absolute atomic E-state index is 0. The van der Waals surface area contributed by atoms with Gasteiger partial charge in [-0.3, -0.25) is 0 Å². The van der Waals surface area contributed by atoms with E-state index in [1.165, 1.54) is 0 Å². The van der Waals surface area contributed by atoms with E-state index >= 15 is 0 Å². The molecule has 0 saturated heterocycles. The summed E-state index contributed by atoms with van der Waals surface area (Å²) in [5.74, 6) is 0.708. The fraction of sp³-hybridized carbons (Fsp3) is 0.400. The Kier molecular flexibility index (Phi) is 8.47. The van der Waals surface area contributed by atoms with Crippen LogP contribution >= 0.6 is 0 Å². The number of hydrogen-bond acceptors (Lipinski definition) is 3. The van der Waals surface area contributed by atoms with E-state index in [4.69, 9.17) is 0 Å². The Labute approximate surface area is 80.1 Å². The fourth-order valence-electron chi connectivity index (χ4n) is 0.310. The Balaban J connectivity index is 0. The van der Waals surface area contributed by atoms with Gasteiger partial charge in [0.05, 0.1) is 6.39 Å². The first-order valence-electron chi connectivity index (χ1n) is 2.12. The molecule has 4 heteroatoms. The van der Waals surface area contributed by atoms with Gasteiger partial charge in [-0.1, -0.05) is 13.3 Å². The Bertz CT molecular complexity index is 130. The predicted molar refractivity (Wildman–Crippen MR) is 28.9 cm³/mol.